The highest BCUT2D eigenvalue weighted by atomic mass is 35.5. The minimum atomic E-state index is 0. The molecule has 0 amide bonds. The summed E-state index contributed by atoms with van der Waals surface area (Å²) in [7, 11) is 1.77. The molecular formula is C17H26ClNO. The summed E-state index contributed by atoms with van der Waals surface area (Å²) >= 11 is 0. The normalized spacial score (nSPS) is 20.7. The third-order valence-corrected chi connectivity index (χ3v) is 4.03. The Balaban J connectivity index is 0.00000200. The van der Waals surface area contributed by atoms with Crippen molar-refractivity contribution in [2.75, 3.05) is 13.7 Å². The molecule has 0 unspecified atom stereocenters. The zero-order valence-electron chi connectivity index (χ0n) is 12.5. The molecule has 0 aliphatic heterocycles. The van der Waals surface area contributed by atoms with Gasteiger partial charge in [-0.15, -0.1) is 19.0 Å². The Hall–Kier alpha value is -0.990. The van der Waals surface area contributed by atoms with Gasteiger partial charge in [-0.2, -0.15) is 0 Å². The highest BCUT2D eigenvalue weighted by Gasteiger charge is 2.30. The molecule has 1 N–H and O–H groups in total. The highest BCUT2D eigenvalue weighted by molar-refractivity contribution is 5.85. The number of allylic oxidation sites excluding steroid dienone is 1. The van der Waals surface area contributed by atoms with E-state index in [1.807, 2.05) is 6.08 Å². The molecule has 2 nitrogen and oxygen atoms in total. The van der Waals surface area contributed by atoms with Gasteiger partial charge in [-0.05, 0) is 43.9 Å². The Labute approximate surface area is 129 Å². The fourth-order valence-corrected chi connectivity index (χ4v) is 3.16. The molecule has 0 fully saturated rings. The van der Waals surface area contributed by atoms with Gasteiger partial charge in [-0.3, -0.25) is 0 Å². The number of nitrogens with one attached hydrogen (secondary N) is 1. The summed E-state index contributed by atoms with van der Waals surface area (Å²) in [5.74, 6) is 1.52. The molecule has 0 heterocycles. The van der Waals surface area contributed by atoms with Gasteiger partial charge in [0.05, 0.1) is 7.11 Å². The Bertz CT molecular complexity index is 419. The zero-order chi connectivity index (χ0) is 13.7. The lowest BCUT2D eigenvalue weighted by Crippen LogP contribution is -2.38. The molecule has 0 saturated carbocycles. The first-order valence-electron chi connectivity index (χ1n) is 7.31. The molecule has 20 heavy (non-hydrogen) atoms. The second-order valence-corrected chi connectivity index (χ2v) is 5.26. The van der Waals surface area contributed by atoms with Gasteiger partial charge in [0.25, 0.3) is 0 Å². The van der Waals surface area contributed by atoms with Gasteiger partial charge in [0.2, 0.25) is 0 Å². The van der Waals surface area contributed by atoms with Crippen LogP contribution >= 0.6 is 12.4 Å². The van der Waals surface area contributed by atoms with Crippen LogP contribution in [0.4, 0.5) is 0 Å². The second-order valence-electron chi connectivity index (χ2n) is 5.26. The number of rotatable bonds is 6. The molecule has 2 rings (SSSR count). The van der Waals surface area contributed by atoms with Crippen molar-refractivity contribution < 1.29 is 4.74 Å². The summed E-state index contributed by atoms with van der Waals surface area (Å²) in [5, 5.41) is 3.70. The third-order valence-electron chi connectivity index (χ3n) is 4.03. The van der Waals surface area contributed by atoms with Crippen LogP contribution < -0.4 is 10.1 Å². The molecule has 0 bridgehead atoms. The number of hydrogen-bond donors (Lipinski definition) is 1. The van der Waals surface area contributed by atoms with Crippen LogP contribution in [0.5, 0.6) is 5.75 Å². The van der Waals surface area contributed by atoms with Gasteiger partial charge in [0.1, 0.15) is 5.75 Å². The lowest BCUT2D eigenvalue weighted by Gasteiger charge is -2.35. The average molecular weight is 296 g/mol. The van der Waals surface area contributed by atoms with Crippen LogP contribution in [0.1, 0.15) is 43.2 Å². The van der Waals surface area contributed by atoms with Crippen LogP contribution in [-0.2, 0) is 6.42 Å². The number of benzene rings is 1. The van der Waals surface area contributed by atoms with E-state index in [2.05, 4.69) is 37.0 Å². The van der Waals surface area contributed by atoms with Gasteiger partial charge >= 0.3 is 0 Å². The molecule has 0 saturated heterocycles. The van der Waals surface area contributed by atoms with E-state index in [4.69, 9.17) is 4.74 Å². The summed E-state index contributed by atoms with van der Waals surface area (Å²) in [6.45, 7) is 7.23. The van der Waals surface area contributed by atoms with Gasteiger partial charge in [0.15, 0.2) is 0 Å². The molecule has 2 atom stereocenters. The minimum absolute atomic E-state index is 0. The number of halogens is 1. The van der Waals surface area contributed by atoms with Gasteiger partial charge in [-0.1, -0.05) is 25.1 Å². The maximum absolute atomic E-state index is 5.58. The number of methoxy groups -OCH3 is 1. The first-order chi connectivity index (χ1) is 9.31. The average Bonchev–Trinajstić information content (AvgIpc) is 2.45. The standard InChI is InChI=1S/C17H25NO.ClH/c1-4-7-14-15(18-12-5-2)11-10-13-8-6-9-16(19-3)17(13)14;/h4,6,8-9,14-15,18H,1,5,7,10-12H2,2-3H3;1H/t14-,15+;/m1./s1. The van der Waals surface area contributed by atoms with Crippen LogP contribution in [0.3, 0.4) is 0 Å². The summed E-state index contributed by atoms with van der Waals surface area (Å²) in [6, 6.07) is 6.96. The fraction of sp³-hybridized carbons (Fsp3) is 0.529. The van der Waals surface area contributed by atoms with Crippen LogP contribution in [-0.4, -0.2) is 19.7 Å². The molecule has 1 aliphatic carbocycles. The van der Waals surface area contributed by atoms with Crippen molar-refractivity contribution >= 4 is 12.4 Å². The molecule has 1 aromatic carbocycles. The van der Waals surface area contributed by atoms with E-state index in [1.165, 1.54) is 24.0 Å². The molecule has 112 valence electrons. The van der Waals surface area contributed by atoms with Crippen molar-refractivity contribution in [1.29, 1.82) is 0 Å². The Morgan fingerprint density at radius 2 is 2.25 bits per heavy atom. The predicted molar refractivity (Wildman–Crippen MR) is 88.2 cm³/mol. The first kappa shape index (κ1) is 17.1. The number of fused-ring (bicyclic) bond motifs is 1. The monoisotopic (exact) mass is 295 g/mol. The van der Waals surface area contributed by atoms with Crippen LogP contribution in [0.15, 0.2) is 30.9 Å². The number of aryl methyl sites for hydroxylation is 1. The topological polar surface area (TPSA) is 21.3 Å². The molecule has 0 spiro atoms. The van der Waals surface area contributed by atoms with E-state index in [-0.39, 0.29) is 12.4 Å². The van der Waals surface area contributed by atoms with E-state index in [9.17, 15) is 0 Å². The summed E-state index contributed by atoms with van der Waals surface area (Å²) in [5.41, 5.74) is 2.84. The summed E-state index contributed by atoms with van der Waals surface area (Å²) < 4.78 is 5.58. The number of ether oxygens (including phenoxy) is 1. The SMILES string of the molecule is C=CC[C@H]1c2c(cccc2OC)CC[C@@H]1NCCC.Cl. The lowest BCUT2D eigenvalue weighted by atomic mass is 9.77. The molecule has 3 heteroatoms. The summed E-state index contributed by atoms with van der Waals surface area (Å²) in [4.78, 5) is 0. The van der Waals surface area contributed by atoms with Gasteiger partial charge < -0.3 is 10.1 Å². The Kier molecular flexibility index (Phi) is 7.11. The van der Waals surface area contributed by atoms with E-state index in [0.29, 0.717) is 12.0 Å². The largest absolute Gasteiger partial charge is 0.496 e. The molecule has 0 radical (unpaired) electrons. The zero-order valence-corrected chi connectivity index (χ0v) is 13.3. The van der Waals surface area contributed by atoms with Crippen LogP contribution in [0.25, 0.3) is 0 Å². The Morgan fingerprint density at radius 1 is 1.45 bits per heavy atom. The van der Waals surface area contributed by atoms with Crippen molar-refractivity contribution in [3.05, 3.63) is 42.0 Å². The first-order valence-corrected chi connectivity index (χ1v) is 7.31. The van der Waals surface area contributed by atoms with Crippen molar-refractivity contribution in [3.8, 4) is 5.75 Å². The molecule has 1 aromatic rings. The van der Waals surface area contributed by atoms with Crippen LogP contribution in [0.2, 0.25) is 0 Å². The fourth-order valence-electron chi connectivity index (χ4n) is 3.16. The predicted octanol–water partition coefficient (Wildman–Crippen LogP) is 4.09. The van der Waals surface area contributed by atoms with E-state index >= 15 is 0 Å². The minimum Gasteiger partial charge on any atom is -0.496 e. The lowest BCUT2D eigenvalue weighted by molar-refractivity contribution is 0.359. The second kappa shape index (κ2) is 8.33. The molecular weight excluding hydrogens is 270 g/mol. The number of hydrogen-bond acceptors (Lipinski definition) is 2. The molecule has 1 aliphatic rings. The maximum Gasteiger partial charge on any atom is 0.122 e. The van der Waals surface area contributed by atoms with E-state index < -0.39 is 0 Å². The smallest absolute Gasteiger partial charge is 0.122 e. The highest BCUT2D eigenvalue weighted by Crippen LogP contribution is 2.40. The summed E-state index contributed by atoms with van der Waals surface area (Å²) in [6.07, 6.45) is 6.57. The van der Waals surface area contributed by atoms with E-state index in [1.54, 1.807) is 7.11 Å². The van der Waals surface area contributed by atoms with Gasteiger partial charge in [0, 0.05) is 17.5 Å². The van der Waals surface area contributed by atoms with Crippen molar-refractivity contribution in [1.82, 2.24) is 5.32 Å². The van der Waals surface area contributed by atoms with Crippen LogP contribution in [0, 0.1) is 0 Å². The Morgan fingerprint density at radius 3 is 2.90 bits per heavy atom. The van der Waals surface area contributed by atoms with Crippen molar-refractivity contribution in [3.63, 3.8) is 0 Å². The quantitative estimate of drug-likeness (QED) is 0.798. The molecule has 0 aromatic heterocycles. The van der Waals surface area contributed by atoms with Crippen molar-refractivity contribution in [2.24, 2.45) is 0 Å². The van der Waals surface area contributed by atoms with E-state index in [0.717, 1.165) is 25.1 Å². The van der Waals surface area contributed by atoms with Gasteiger partial charge in [-0.25, -0.2) is 0 Å². The van der Waals surface area contributed by atoms with Crippen molar-refractivity contribution in [2.45, 2.75) is 44.6 Å². The maximum atomic E-state index is 5.58. The third kappa shape index (κ3) is 3.56.